The zero-order chi connectivity index (χ0) is 11.3. The van der Waals surface area contributed by atoms with Gasteiger partial charge in [-0.05, 0) is 26.2 Å². The molecule has 3 heteroatoms. The van der Waals surface area contributed by atoms with Crippen molar-refractivity contribution in [2.75, 3.05) is 13.1 Å². The van der Waals surface area contributed by atoms with Crippen LogP contribution in [-0.4, -0.2) is 29.9 Å². The molecule has 1 saturated carbocycles. The van der Waals surface area contributed by atoms with E-state index in [9.17, 15) is 4.79 Å². The van der Waals surface area contributed by atoms with Gasteiger partial charge in [0.05, 0.1) is 5.92 Å². The van der Waals surface area contributed by atoms with Gasteiger partial charge in [0, 0.05) is 19.1 Å². The van der Waals surface area contributed by atoms with Crippen LogP contribution in [0.15, 0.2) is 0 Å². The summed E-state index contributed by atoms with van der Waals surface area (Å²) in [5.74, 6) is 0.387. The Kier molecular flexibility index (Phi) is 5.09. The summed E-state index contributed by atoms with van der Waals surface area (Å²) in [6.45, 7) is 5.92. The Morgan fingerprint density at radius 1 is 1.40 bits per heavy atom. The van der Waals surface area contributed by atoms with Crippen molar-refractivity contribution in [1.29, 1.82) is 0 Å². The molecule has 0 heterocycles. The maximum atomic E-state index is 12.1. The van der Waals surface area contributed by atoms with Gasteiger partial charge in [-0.2, -0.15) is 0 Å². The van der Waals surface area contributed by atoms with Crippen LogP contribution < -0.4 is 5.73 Å². The fourth-order valence-electron chi connectivity index (χ4n) is 2.30. The Bertz CT molecular complexity index is 206. The average Bonchev–Trinajstić information content (AvgIpc) is 2.65. The van der Waals surface area contributed by atoms with Gasteiger partial charge in [-0.1, -0.05) is 19.8 Å². The lowest BCUT2D eigenvalue weighted by molar-refractivity contribution is -0.135. The van der Waals surface area contributed by atoms with Crippen molar-refractivity contribution in [2.24, 2.45) is 11.7 Å². The second-order valence-electron chi connectivity index (χ2n) is 4.47. The highest BCUT2D eigenvalue weighted by atomic mass is 16.2. The van der Waals surface area contributed by atoms with Gasteiger partial charge in [-0.15, -0.1) is 0 Å². The van der Waals surface area contributed by atoms with Crippen LogP contribution in [-0.2, 0) is 4.79 Å². The Labute approximate surface area is 93.0 Å². The van der Waals surface area contributed by atoms with Crippen LogP contribution in [0.3, 0.4) is 0 Å². The smallest absolute Gasteiger partial charge is 0.227 e. The van der Waals surface area contributed by atoms with E-state index in [1.54, 1.807) is 0 Å². The molecule has 0 aliphatic heterocycles. The third-order valence-electron chi connectivity index (χ3n) is 3.36. The molecule has 2 N–H and O–H groups in total. The van der Waals surface area contributed by atoms with Crippen LogP contribution in [0.1, 0.15) is 46.0 Å². The lowest BCUT2D eigenvalue weighted by Gasteiger charge is -2.26. The monoisotopic (exact) mass is 212 g/mol. The van der Waals surface area contributed by atoms with Crippen molar-refractivity contribution in [3.8, 4) is 0 Å². The van der Waals surface area contributed by atoms with Gasteiger partial charge in [-0.25, -0.2) is 0 Å². The molecule has 15 heavy (non-hydrogen) atoms. The largest absolute Gasteiger partial charge is 0.343 e. The predicted molar refractivity (Wildman–Crippen MR) is 62.5 cm³/mol. The molecule has 1 aliphatic carbocycles. The third kappa shape index (κ3) is 3.20. The van der Waals surface area contributed by atoms with E-state index in [4.69, 9.17) is 5.73 Å². The van der Waals surface area contributed by atoms with Gasteiger partial charge in [-0.3, -0.25) is 4.79 Å². The van der Waals surface area contributed by atoms with Crippen molar-refractivity contribution in [1.82, 2.24) is 4.90 Å². The third-order valence-corrected chi connectivity index (χ3v) is 3.36. The van der Waals surface area contributed by atoms with E-state index < -0.39 is 0 Å². The molecule has 1 amide bonds. The number of unbranched alkanes of at least 4 members (excludes halogenated alkanes) is 1. The minimum atomic E-state index is 0.0989. The van der Waals surface area contributed by atoms with E-state index >= 15 is 0 Å². The van der Waals surface area contributed by atoms with Crippen molar-refractivity contribution in [3.63, 3.8) is 0 Å². The van der Waals surface area contributed by atoms with Crippen molar-refractivity contribution in [2.45, 2.75) is 52.0 Å². The fourth-order valence-corrected chi connectivity index (χ4v) is 2.30. The normalized spacial score (nSPS) is 25.5. The highest BCUT2D eigenvalue weighted by molar-refractivity contribution is 5.79. The molecule has 2 unspecified atom stereocenters. The van der Waals surface area contributed by atoms with Crippen LogP contribution in [0.5, 0.6) is 0 Å². The molecule has 0 bridgehead atoms. The zero-order valence-corrected chi connectivity index (χ0v) is 10.0. The van der Waals surface area contributed by atoms with E-state index in [0.29, 0.717) is 0 Å². The topological polar surface area (TPSA) is 46.3 Å². The van der Waals surface area contributed by atoms with Crippen molar-refractivity contribution < 1.29 is 4.79 Å². The standard InChI is InChI=1S/C12H24N2O/c1-3-5-9-14(4-2)12(15)10-7-6-8-11(10)13/h10-11H,3-9,13H2,1-2H3. The van der Waals surface area contributed by atoms with Crippen LogP contribution in [0.4, 0.5) is 0 Å². The summed E-state index contributed by atoms with van der Waals surface area (Å²) in [5, 5.41) is 0. The Hall–Kier alpha value is -0.570. The summed E-state index contributed by atoms with van der Waals surface area (Å²) in [5.41, 5.74) is 5.95. The number of carbonyl (C=O) groups excluding carboxylic acids is 1. The van der Waals surface area contributed by atoms with Crippen LogP contribution >= 0.6 is 0 Å². The molecule has 2 atom stereocenters. The number of rotatable bonds is 5. The molecule has 1 aliphatic rings. The van der Waals surface area contributed by atoms with Crippen molar-refractivity contribution in [3.05, 3.63) is 0 Å². The molecule has 1 fully saturated rings. The molecule has 0 spiro atoms. The summed E-state index contributed by atoms with van der Waals surface area (Å²) in [7, 11) is 0. The number of hydrogen-bond donors (Lipinski definition) is 1. The van der Waals surface area contributed by atoms with E-state index in [2.05, 4.69) is 6.92 Å². The minimum absolute atomic E-state index is 0.0989. The second-order valence-corrected chi connectivity index (χ2v) is 4.47. The Morgan fingerprint density at radius 3 is 2.60 bits per heavy atom. The summed E-state index contributed by atoms with van der Waals surface area (Å²) in [6, 6.07) is 0.105. The first-order valence-electron chi connectivity index (χ1n) is 6.25. The number of nitrogens with two attached hydrogens (primary N) is 1. The molecule has 0 aromatic carbocycles. The summed E-state index contributed by atoms with van der Waals surface area (Å²) >= 11 is 0. The lowest BCUT2D eigenvalue weighted by atomic mass is 10.0. The summed E-state index contributed by atoms with van der Waals surface area (Å²) < 4.78 is 0. The predicted octanol–water partition coefficient (Wildman–Crippen LogP) is 1.76. The van der Waals surface area contributed by atoms with Gasteiger partial charge in [0.1, 0.15) is 0 Å². The van der Waals surface area contributed by atoms with Gasteiger partial charge in [0.2, 0.25) is 5.91 Å². The lowest BCUT2D eigenvalue weighted by Crippen LogP contribution is -2.42. The maximum absolute atomic E-state index is 12.1. The molecule has 0 aromatic rings. The Morgan fingerprint density at radius 2 is 2.13 bits per heavy atom. The quantitative estimate of drug-likeness (QED) is 0.755. The first-order chi connectivity index (χ1) is 7.20. The minimum Gasteiger partial charge on any atom is -0.343 e. The molecular weight excluding hydrogens is 188 g/mol. The second kappa shape index (κ2) is 6.11. The molecule has 1 rings (SSSR count). The van der Waals surface area contributed by atoms with Gasteiger partial charge < -0.3 is 10.6 Å². The first-order valence-corrected chi connectivity index (χ1v) is 6.25. The average molecular weight is 212 g/mol. The highest BCUT2D eigenvalue weighted by Gasteiger charge is 2.32. The van der Waals surface area contributed by atoms with Gasteiger partial charge in [0.25, 0.3) is 0 Å². The fraction of sp³-hybridized carbons (Fsp3) is 0.917. The van der Waals surface area contributed by atoms with E-state index in [-0.39, 0.29) is 17.9 Å². The number of carbonyl (C=O) groups is 1. The number of amides is 1. The molecule has 0 aromatic heterocycles. The van der Waals surface area contributed by atoms with Crippen LogP contribution in [0.2, 0.25) is 0 Å². The van der Waals surface area contributed by atoms with Gasteiger partial charge >= 0.3 is 0 Å². The van der Waals surface area contributed by atoms with Gasteiger partial charge in [0.15, 0.2) is 0 Å². The van der Waals surface area contributed by atoms with E-state index in [0.717, 1.165) is 45.2 Å². The zero-order valence-electron chi connectivity index (χ0n) is 10.0. The maximum Gasteiger partial charge on any atom is 0.227 e. The Balaban J connectivity index is 2.48. The highest BCUT2D eigenvalue weighted by Crippen LogP contribution is 2.25. The first kappa shape index (κ1) is 12.5. The molecule has 3 nitrogen and oxygen atoms in total. The number of nitrogens with zero attached hydrogens (tertiary/aromatic N) is 1. The van der Waals surface area contributed by atoms with E-state index in [1.807, 2.05) is 11.8 Å². The van der Waals surface area contributed by atoms with Crippen molar-refractivity contribution >= 4 is 5.91 Å². The molecule has 0 radical (unpaired) electrons. The summed E-state index contributed by atoms with van der Waals surface area (Å²) in [6.07, 6.45) is 5.36. The number of hydrogen-bond acceptors (Lipinski definition) is 2. The molecule has 88 valence electrons. The molecular formula is C12H24N2O. The van der Waals surface area contributed by atoms with Crippen LogP contribution in [0.25, 0.3) is 0 Å². The molecule has 0 saturated heterocycles. The SMILES string of the molecule is CCCCN(CC)C(=O)C1CCCC1N. The van der Waals surface area contributed by atoms with Crippen LogP contribution in [0, 0.1) is 5.92 Å². The van der Waals surface area contributed by atoms with E-state index in [1.165, 1.54) is 0 Å². The summed E-state index contributed by atoms with van der Waals surface area (Å²) in [4.78, 5) is 14.1.